The van der Waals surface area contributed by atoms with E-state index in [0.29, 0.717) is 5.56 Å². The molecule has 6 heteroatoms. The van der Waals surface area contributed by atoms with Crippen LogP contribution in [0, 0.1) is 0 Å². The Morgan fingerprint density at radius 1 is 1.28 bits per heavy atom. The van der Waals surface area contributed by atoms with E-state index in [9.17, 15) is 4.79 Å². The Morgan fingerprint density at radius 2 is 2.00 bits per heavy atom. The summed E-state index contributed by atoms with van der Waals surface area (Å²) < 4.78 is 0.953. The SMILES string of the molecule is O=C(c1ccc2ncsc2c1)N(CCO)CCO. The van der Waals surface area contributed by atoms with Gasteiger partial charge in [-0.25, -0.2) is 4.98 Å². The van der Waals surface area contributed by atoms with Gasteiger partial charge in [-0.2, -0.15) is 0 Å². The summed E-state index contributed by atoms with van der Waals surface area (Å²) in [6, 6.07) is 5.30. The Balaban J connectivity index is 2.24. The van der Waals surface area contributed by atoms with Crippen LogP contribution in [-0.2, 0) is 0 Å². The molecule has 5 nitrogen and oxygen atoms in total. The maximum Gasteiger partial charge on any atom is 0.254 e. The van der Waals surface area contributed by atoms with E-state index in [0.717, 1.165) is 10.2 Å². The molecular weight excluding hydrogens is 252 g/mol. The van der Waals surface area contributed by atoms with Gasteiger partial charge >= 0.3 is 0 Å². The highest BCUT2D eigenvalue weighted by Gasteiger charge is 2.15. The monoisotopic (exact) mass is 266 g/mol. The van der Waals surface area contributed by atoms with Crippen LogP contribution < -0.4 is 0 Å². The second kappa shape index (κ2) is 5.90. The summed E-state index contributed by atoms with van der Waals surface area (Å²) in [5.41, 5.74) is 3.15. The van der Waals surface area contributed by atoms with Crippen molar-refractivity contribution in [3.05, 3.63) is 29.3 Å². The van der Waals surface area contributed by atoms with Crippen LogP contribution in [0.4, 0.5) is 0 Å². The number of nitrogens with zero attached hydrogens (tertiary/aromatic N) is 2. The van der Waals surface area contributed by atoms with Gasteiger partial charge in [-0.1, -0.05) is 0 Å². The molecule has 1 heterocycles. The molecule has 0 aliphatic carbocycles. The average Bonchev–Trinajstić information content (AvgIpc) is 2.84. The van der Waals surface area contributed by atoms with Crippen LogP contribution in [0.1, 0.15) is 10.4 Å². The Morgan fingerprint density at radius 3 is 2.67 bits per heavy atom. The quantitative estimate of drug-likeness (QED) is 0.836. The number of hydrogen-bond acceptors (Lipinski definition) is 5. The summed E-state index contributed by atoms with van der Waals surface area (Å²) >= 11 is 1.48. The molecular formula is C12H14N2O3S. The molecule has 96 valence electrons. The van der Waals surface area contributed by atoms with E-state index in [1.165, 1.54) is 16.2 Å². The van der Waals surface area contributed by atoms with Crippen molar-refractivity contribution in [1.29, 1.82) is 0 Å². The third-order valence-electron chi connectivity index (χ3n) is 2.61. The van der Waals surface area contributed by atoms with E-state index in [1.54, 1.807) is 23.7 Å². The number of aliphatic hydroxyl groups is 2. The van der Waals surface area contributed by atoms with Crippen LogP contribution >= 0.6 is 11.3 Å². The molecule has 0 aliphatic rings. The summed E-state index contributed by atoms with van der Waals surface area (Å²) in [7, 11) is 0. The molecule has 0 saturated heterocycles. The normalized spacial score (nSPS) is 10.8. The van der Waals surface area contributed by atoms with Gasteiger partial charge in [-0.15, -0.1) is 11.3 Å². The highest BCUT2D eigenvalue weighted by molar-refractivity contribution is 7.16. The van der Waals surface area contributed by atoms with Crippen molar-refractivity contribution < 1.29 is 15.0 Å². The van der Waals surface area contributed by atoms with Gasteiger partial charge in [0.1, 0.15) is 0 Å². The first-order chi connectivity index (χ1) is 8.76. The van der Waals surface area contributed by atoms with E-state index in [-0.39, 0.29) is 32.2 Å². The third kappa shape index (κ3) is 2.66. The molecule has 18 heavy (non-hydrogen) atoms. The zero-order chi connectivity index (χ0) is 13.0. The minimum atomic E-state index is -0.187. The van der Waals surface area contributed by atoms with Crippen LogP contribution in [0.3, 0.4) is 0 Å². The van der Waals surface area contributed by atoms with Crippen LogP contribution in [0.5, 0.6) is 0 Å². The Labute approximate surface area is 108 Å². The van der Waals surface area contributed by atoms with Crippen molar-refractivity contribution in [3.63, 3.8) is 0 Å². The van der Waals surface area contributed by atoms with Gasteiger partial charge < -0.3 is 15.1 Å². The van der Waals surface area contributed by atoms with Crippen LogP contribution in [0.15, 0.2) is 23.7 Å². The minimum absolute atomic E-state index is 0.117. The second-order valence-corrected chi connectivity index (χ2v) is 4.66. The first kappa shape index (κ1) is 12.9. The standard InChI is InChI=1S/C12H14N2O3S/c15-5-3-14(4-6-16)12(17)9-1-2-10-11(7-9)18-8-13-10/h1-2,7-8,15-16H,3-6H2. The van der Waals surface area contributed by atoms with Gasteiger partial charge in [-0.3, -0.25) is 4.79 Å². The lowest BCUT2D eigenvalue weighted by Crippen LogP contribution is -2.35. The van der Waals surface area contributed by atoms with Gasteiger partial charge in [0, 0.05) is 18.7 Å². The molecule has 0 fully saturated rings. The molecule has 2 rings (SSSR count). The van der Waals surface area contributed by atoms with E-state index < -0.39 is 0 Å². The summed E-state index contributed by atoms with van der Waals surface area (Å²) in [6.45, 7) is 0.212. The number of aliphatic hydroxyl groups excluding tert-OH is 2. The molecule has 1 aromatic carbocycles. The molecule has 1 aromatic heterocycles. The number of thiazole rings is 1. The number of fused-ring (bicyclic) bond motifs is 1. The molecule has 1 amide bonds. The van der Waals surface area contributed by atoms with Gasteiger partial charge in [-0.05, 0) is 18.2 Å². The number of aromatic nitrogens is 1. The van der Waals surface area contributed by atoms with Crippen molar-refractivity contribution in [2.75, 3.05) is 26.3 Å². The maximum atomic E-state index is 12.2. The first-order valence-electron chi connectivity index (χ1n) is 5.60. The minimum Gasteiger partial charge on any atom is -0.395 e. The highest BCUT2D eigenvalue weighted by Crippen LogP contribution is 2.19. The van der Waals surface area contributed by atoms with Crippen LogP contribution in [-0.4, -0.2) is 52.3 Å². The predicted molar refractivity (Wildman–Crippen MR) is 69.7 cm³/mol. The maximum absolute atomic E-state index is 12.2. The second-order valence-electron chi connectivity index (χ2n) is 3.77. The molecule has 2 aromatic rings. The highest BCUT2D eigenvalue weighted by atomic mass is 32.1. The molecule has 2 N–H and O–H groups in total. The van der Waals surface area contributed by atoms with Crippen molar-refractivity contribution in [3.8, 4) is 0 Å². The van der Waals surface area contributed by atoms with Gasteiger partial charge in [0.2, 0.25) is 0 Å². The largest absolute Gasteiger partial charge is 0.395 e. The van der Waals surface area contributed by atoms with Crippen molar-refractivity contribution in [2.24, 2.45) is 0 Å². The fourth-order valence-corrected chi connectivity index (χ4v) is 2.44. The van der Waals surface area contributed by atoms with Crippen molar-refractivity contribution >= 4 is 27.5 Å². The fraction of sp³-hybridized carbons (Fsp3) is 0.333. The Hall–Kier alpha value is -1.50. The average molecular weight is 266 g/mol. The van der Waals surface area contributed by atoms with Crippen molar-refractivity contribution in [1.82, 2.24) is 9.88 Å². The lowest BCUT2D eigenvalue weighted by atomic mass is 10.2. The Bertz CT molecular complexity index is 535. The van der Waals surface area contributed by atoms with Crippen LogP contribution in [0.25, 0.3) is 10.2 Å². The van der Waals surface area contributed by atoms with Gasteiger partial charge in [0.05, 0.1) is 28.9 Å². The summed E-state index contributed by atoms with van der Waals surface area (Å²) in [4.78, 5) is 17.8. The number of hydrogen-bond donors (Lipinski definition) is 2. The Kier molecular flexibility index (Phi) is 4.24. The zero-order valence-electron chi connectivity index (χ0n) is 9.74. The van der Waals surface area contributed by atoms with Gasteiger partial charge in [0.15, 0.2) is 0 Å². The molecule has 0 saturated carbocycles. The summed E-state index contributed by atoms with van der Waals surface area (Å²) in [6.07, 6.45) is 0. The molecule has 0 bridgehead atoms. The van der Waals surface area contributed by atoms with Gasteiger partial charge in [0.25, 0.3) is 5.91 Å². The molecule has 0 atom stereocenters. The molecule has 0 spiro atoms. The van der Waals surface area contributed by atoms with Crippen LogP contribution in [0.2, 0.25) is 0 Å². The number of carbonyl (C=O) groups excluding carboxylic acids is 1. The van der Waals surface area contributed by atoms with E-state index >= 15 is 0 Å². The zero-order valence-corrected chi connectivity index (χ0v) is 10.6. The fourth-order valence-electron chi connectivity index (χ4n) is 1.73. The number of rotatable bonds is 5. The number of amides is 1. The van der Waals surface area contributed by atoms with E-state index in [2.05, 4.69) is 4.98 Å². The number of benzene rings is 1. The smallest absolute Gasteiger partial charge is 0.254 e. The summed E-state index contributed by atoms with van der Waals surface area (Å²) in [5, 5.41) is 17.8. The summed E-state index contributed by atoms with van der Waals surface area (Å²) in [5.74, 6) is -0.187. The van der Waals surface area contributed by atoms with E-state index in [1.807, 2.05) is 0 Å². The first-order valence-corrected chi connectivity index (χ1v) is 6.48. The molecule has 0 unspecified atom stereocenters. The molecule has 0 aliphatic heterocycles. The third-order valence-corrected chi connectivity index (χ3v) is 3.40. The lowest BCUT2D eigenvalue weighted by molar-refractivity contribution is 0.0685. The lowest BCUT2D eigenvalue weighted by Gasteiger charge is -2.20. The topological polar surface area (TPSA) is 73.7 Å². The predicted octanol–water partition coefficient (Wildman–Crippen LogP) is 0.723. The molecule has 0 radical (unpaired) electrons. The van der Waals surface area contributed by atoms with E-state index in [4.69, 9.17) is 10.2 Å². The van der Waals surface area contributed by atoms with Crippen molar-refractivity contribution in [2.45, 2.75) is 0 Å². The number of carbonyl (C=O) groups is 1.